The van der Waals surface area contributed by atoms with E-state index in [4.69, 9.17) is 0 Å². The van der Waals surface area contributed by atoms with Crippen LogP contribution in [0.15, 0.2) is 109 Å². The van der Waals surface area contributed by atoms with Crippen LogP contribution in [0.25, 0.3) is 17.7 Å². The summed E-state index contributed by atoms with van der Waals surface area (Å²) in [6.45, 7) is 12.9. The molecule has 1 aliphatic carbocycles. The molecule has 0 amide bonds. The molecule has 0 saturated carbocycles. The second-order valence-electron chi connectivity index (χ2n) is 9.87. The molecule has 0 bridgehead atoms. The van der Waals surface area contributed by atoms with Crippen LogP contribution >= 0.6 is 0 Å². The molecule has 3 aromatic rings. The normalized spacial score (nSPS) is 17.2. The molecule has 2 nitrogen and oxygen atoms in total. The number of benzene rings is 3. The highest BCUT2D eigenvalue weighted by atomic mass is 15.1. The molecule has 0 N–H and O–H groups in total. The van der Waals surface area contributed by atoms with Gasteiger partial charge in [-0.2, -0.15) is 0 Å². The van der Waals surface area contributed by atoms with Gasteiger partial charge in [0.2, 0.25) is 0 Å². The molecule has 0 unspecified atom stereocenters. The first-order valence-corrected chi connectivity index (χ1v) is 14.1. The maximum Gasteiger partial charge on any atom is 0.0366 e. The lowest BCUT2D eigenvalue weighted by atomic mass is 9.78. The molecule has 0 spiro atoms. The minimum absolute atomic E-state index is 0.173. The zero-order chi connectivity index (χ0) is 26.8. The number of rotatable bonds is 11. The summed E-state index contributed by atoms with van der Waals surface area (Å²) in [4.78, 5) is 4.76. The van der Waals surface area contributed by atoms with Gasteiger partial charge < -0.3 is 9.80 Å². The van der Waals surface area contributed by atoms with Crippen LogP contribution in [0.3, 0.4) is 0 Å². The van der Waals surface area contributed by atoms with E-state index in [1.165, 1.54) is 33.6 Å². The Morgan fingerprint density at radius 1 is 0.632 bits per heavy atom. The average molecular weight is 503 g/mol. The molecule has 3 aromatic carbocycles. The number of hydrogen-bond acceptors (Lipinski definition) is 2. The van der Waals surface area contributed by atoms with Gasteiger partial charge in [-0.15, -0.1) is 0 Å². The Labute approximate surface area is 230 Å². The molecule has 0 heterocycles. The molecule has 196 valence electrons. The van der Waals surface area contributed by atoms with E-state index in [-0.39, 0.29) is 5.41 Å². The van der Waals surface area contributed by atoms with Crippen molar-refractivity contribution in [3.05, 3.63) is 126 Å². The van der Waals surface area contributed by atoms with Crippen LogP contribution in [0.4, 0.5) is 11.4 Å². The summed E-state index contributed by atoms with van der Waals surface area (Å²) in [7, 11) is 0. The van der Waals surface area contributed by atoms with Gasteiger partial charge in [0.05, 0.1) is 0 Å². The fourth-order valence-electron chi connectivity index (χ4n) is 5.09. The van der Waals surface area contributed by atoms with Crippen LogP contribution < -0.4 is 9.80 Å². The summed E-state index contributed by atoms with van der Waals surface area (Å²) in [5.74, 6) is 0. The lowest BCUT2D eigenvalue weighted by Crippen LogP contribution is -2.21. The van der Waals surface area contributed by atoms with Crippen molar-refractivity contribution in [2.24, 2.45) is 5.41 Å². The second-order valence-corrected chi connectivity index (χ2v) is 9.87. The maximum absolute atomic E-state index is 2.38. The van der Waals surface area contributed by atoms with Gasteiger partial charge in [-0.25, -0.2) is 0 Å². The predicted molar refractivity (Wildman–Crippen MR) is 169 cm³/mol. The lowest BCUT2D eigenvalue weighted by molar-refractivity contribution is 0.642. The third kappa shape index (κ3) is 6.75. The Hall–Kier alpha value is -3.78. The molecule has 0 aromatic heterocycles. The largest absolute Gasteiger partial charge is 0.372 e. The van der Waals surface area contributed by atoms with Crippen molar-refractivity contribution < 1.29 is 0 Å². The minimum atomic E-state index is -0.173. The number of hydrogen-bond donors (Lipinski definition) is 0. The van der Waals surface area contributed by atoms with E-state index in [9.17, 15) is 0 Å². The van der Waals surface area contributed by atoms with E-state index < -0.39 is 0 Å². The molecule has 38 heavy (non-hydrogen) atoms. The van der Waals surface area contributed by atoms with Gasteiger partial charge in [-0.05, 0) is 80.6 Å². The summed E-state index contributed by atoms with van der Waals surface area (Å²) in [6, 6.07) is 28.5. The highest BCUT2D eigenvalue weighted by Crippen LogP contribution is 2.37. The van der Waals surface area contributed by atoms with Gasteiger partial charge in [-0.1, -0.05) is 97.1 Å². The van der Waals surface area contributed by atoms with Gasteiger partial charge in [0.25, 0.3) is 0 Å². The van der Waals surface area contributed by atoms with Gasteiger partial charge in [0, 0.05) is 43.0 Å². The van der Waals surface area contributed by atoms with Gasteiger partial charge in [0.1, 0.15) is 0 Å². The molecular weight excluding hydrogens is 460 g/mol. The minimum Gasteiger partial charge on any atom is -0.372 e. The smallest absolute Gasteiger partial charge is 0.0366 e. The summed E-state index contributed by atoms with van der Waals surface area (Å²) in [5, 5.41) is 0. The third-order valence-corrected chi connectivity index (χ3v) is 7.57. The van der Waals surface area contributed by atoms with Crippen molar-refractivity contribution >= 4 is 29.1 Å². The highest BCUT2D eigenvalue weighted by Gasteiger charge is 2.23. The molecule has 0 radical (unpaired) electrons. The molecular formula is C36H42N2. The molecule has 0 saturated heterocycles. The summed E-state index contributed by atoms with van der Waals surface area (Å²) < 4.78 is 0. The number of allylic oxidation sites excluding steroid dienone is 6. The van der Waals surface area contributed by atoms with E-state index in [1.807, 2.05) is 0 Å². The zero-order valence-electron chi connectivity index (χ0n) is 23.5. The Kier molecular flexibility index (Phi) is 9.43. The highest BCUT2D eigenvalue weighted by molar-refractivity contribution is 5.76. The van der Waals surface area contributed by atoms with Crippen LogP contribution in [0, 0.1) is 5.41 Å². The summed E-state index contributed by atoms with van der Waals surface area (Å²) in [6.07, 6.45) is 17.2. The van der Waals surface area contributed by atoms with Crippen molar-refractivity contribution in [1.29, 1.82) is 0 Å². The predicted octanol–water partition coefficient (Wildman–Crippen LogP) is 9.14. The van der Waals surface area contributed by atoms with Crippen molar-refractivity contribution in [3.63, 3.8) is 0 Å². The quantitative estimate of drug-likeness (QED) is 0.258. The van der Waals surface area contributed by atoms with Crippen molar-refractivity contribution in [3.8, 4) is 0 Å². The Balaban J connectivity index is 1.59. The Bertz CT molecular complexity index is 1190. The van der Waals surface area contributed by atoms with Crippen molar-refractivity contribution in [1.82, 2.24) is 0 Å². The summed E-state index contributed by atoms with van der Waals surface area (Å²) >= 11 is 0. The van der Waals surface area contributed by atoms with Crippen LogP contribution in [0.5, 0.6) is 0 Å². The first-order chi connectivity index (χ1) is 18.6. The average Bonchev–Trinajstić information content (AvgIpc) is 2.98. The van der Waals surface area contributed by atoms with Crippen molar-refractivity contribution in [2.75, 3.05) is 36.0 Å². The Morgan fingerprint density at radius 2 is 1.11 bits per heavy atom. The molecule has 0 fully saturated rings. The number of nitrogens with zero attached hydrogens (tertiary/aromatic N) is 2. The monoisotopic (exact) mass is 502 g/mol. The van der Waals surface area contributed by atoms with Gasteiger partial charge in [0.15, 0.2) is 0 Å². The first kappa shape index (κ1) is 27.3. The lowest BCUT2D eigenvalue weighted by Gasteiger charge is -2.26. The van der Waals surface area contributed by atoms with E-state index in [2.05, 4.69) is 159 Å². The van der Waals surface area contributed by atoms with Crippen LogP contribution in [-0.4, -0.2) is 26.2 Å². The van der Waals surface area contributed by atoms with Crippen LogP contribution in [0.1, 0.15) is 50.8 Å². The molecule has 0 aliphatic heterocycles. The third-order valence-electron chi connectivity index (χ3n) is 7.57. The van der Waals surface area contributed by atoms with Crippen LogP contribution in [-0.2, 0) is 0 Å². The molecule has 2 heteroatoms. The van der Waals surface area contributed by atoms with E-state index in [1.54, 1.807) is 0 Å². The molecule has 0 atom stereocenters. The number of anilines is 2. The SMILES string of the molecule is CCN(CC)c1ccc(C=CC2(C=Cc3ccc(N(CC)CC)cc3)C=CC(c3ccccc3)=CC2)cc1. The van der Waals surface area contributed by atoms with E-state index >= 15 is 0 Å². The van der Waals surface area contributed by atoms with E-state index in [0.29, 0.717) is 0 Å². The van der Waals surface area contributed by atoms with E-state index in [0.717, 1.165) is 32.6 Å². The summed E-state index contributed by atoms with van der Waals surface area (Å²) in [5.41, 5.74) is 7.39. The fourth-order valence-corrected chi connectivity index (χ4v) is 5.09. The molecule has 4 rings (SSSR count). The first-order valence-electron chi connectivity index (χ1n) is 14.1. The van der Waals surface area contributed by atoms with Gasteiger partial charge in [-0.3, -0.25) is 0 Å². The molecule has 1 aliphatic rings. The van der Waals surface area contributed by atoms with Crippen molar-refractivity contribution in [2.45, 2.75) is 34.1 Å². The Morgan fingerprint density at radius 3 is 1.50 bits per heavy atom. The zero-order valence-corrected chi connectivity index (χ0v) is 23.5. The standard InChI is InChI=1S/C36H42N2/c1-5-37(6-2)34-18-14-30(15-19-34)22-26-36(28-24-33(25-29-36)32-12-10-9-11-13-32)27-23-31-16-20-35(21-17-31)38(7-3)8-4/h9-28H,5-8,29H2,1-4H3. The second kappa shape index (κ2) is 13.1. The fraction of sp³-hybridized carbons (Fsp3) is 0.278. The van der Waals surface area contributed by atoms with Crippen LogP contribution in [0.2, 0.25) is 0 Å². The topological polar surface area (TPSA) is 6.48 Å². The maximum atomic E-state index is 2.38. The van der Waals surface area contributed by atoms with Gasteiger partial charge >= 0.3 is 0 Å².